The summed E-state index contributed by atoms with van der Waals surface area (Å²) in [6.45, 7) is 16.5. The van der Waals surface area contributed by atoms with Gasteiger partial charge in [-0.2, -0.15) is 0 Å². The molecule has 0 spiro atoms. The van der Waals surface area contributed by atoms with Gasteiger partial charge in [-0.3, -0.25) is 9.59 Å². The Morgan fingerprint density at radius 3 is 2.29 bits per heavy atom. The van der Waals surface area contributed by atoms with Crippen molar-refractivity contribution >= 4 is 23.6 Å². The van der Waals surface area contributed by atoms with E-state index in [1.165, 1.54) is 20.3 Å². The first-order valence-corrected chi connectivity index (χ1v) is 20.1. The summed E-state index contributed by atoms with van der Waals surface area (Å²) in [7, 11) is 2.79. The Morgan fingerprint density at radius 1 is 1.03 bits per heavy atom. The summed E-state index contributed by atoms with van der Waals surface area (Å²) in [5.74, 6) is -8.07. The number of aliphatic hydroxyl groups excluding tert-OH is 3. The number of carbonyl (C=O) groups is 4. The molecular weight excluding hydrogens is 750 g/mol. The quantitative estimate of drug-likeness (QED) is 0.137. The van der Waals surface area contributed by atoms with E-state index in [1.807, 2.05) is 53.7 Å². The Labute approximate surface area is 342 Å². The Kier molecular flexibility index (Phi) is 17.7. The first-order valence-electron chi connectivity index (χ1n) is 20.1. The summed E-state index contributed by atoms with van der Waals surface area (Å²) in [6.07, 6.45) is 5.61. The van der Waals surface area contributed by atoms with Crippen molar-refractivity contribution in [2.45, 2.75) is 130 Å². The van der Waals surface area contributed by atoms with Crippen molar-refractivity contribution in [1.29, 1.82) is 0 Å². The van der Waals surface area contributed by atoms with Crippen LogP contribution in [-0.4, -0.2) is 101 Å². The maximum Gasteiger partial charge on any atom is 0.373 e. The van der Waals surface area contributed by atoms with Gasteiger partial charge >= 0.3 is 11.9 Å². The SMILES string of the molecule is COC1=CC(C)=CC(C)C(O)C(C)CC(C)=CC=CC(OC)C(C(C)C(O)C(C)C2(O)CC(OC(=O)/C=C/C(=O)NC3=C(O)CCC3=O)C(C)C(C(C)C)O2)OC1=O. The summed E-state index contributed by atoms with van der Waals surface area (Å²) >= 11 is 0. The van der Waals surface area contributed by atoms with Crippen molar-refractivity contribution in [3.63, 3.8) is 0 Å². The molecule has 0 aromatic rings. The minimum Gasteiger partial charge on any atom is -0.510 e. The largest absolute Gasteiger partial charge is 0.510 e. The van der Waals surface area contributed by atoms with Crippen molar-refractivity contribution in [2.75, 3.05) is 14.2 Å². The van der Waals surface area contributed by atoms with Crippen LogP contribution in [-0.2, 0) is 42.9 Å². The molecular formula is C44H65NO13. The van der Waals surface area contributed by atoms with Crippen molar-refractivity contribution < 1.29 is 63.3 Å². The average Bonchev–Trinajstić information content (AvgIpc) is 3.48. The molecule has 0 radical (unpaired) electrons. The molecule has 1 fully saturated rings. The second-order valence-corrected chi connectivity index (χ2v) is 16.5. The third-order valence-electron chi connectivity index (χ3n) is 11.5. The molecule has 2 heterocycles. The van der Waals surface area contributed by atoms with E-state index >= 15 is 0 Å². The lowest BCUT2D eigenvalue weighted by Crippen LogP contribution is -2.59. The number of hydrogen-bond acceptors (Lipinski definition) is 13. The van der Waals surface area contributed by atoms with Gasteiger partial charge in [0.1, 0.15) is 29.8 Å². The lowest BCUT2D eigenvalue weighted by Gasteiger charge is -2.50. The molecule has 12 unspecified atom stereocenters. The number of nitrogens with one attached hydrogen (secondary N) is 1. The molecule has 0 bridgehead atoms. The van der Waals surface area contributed by atoms with Crippen molar-refractivity contribution in [3.05, 3.63) is 70.9 Å². The van der Waals surface area contributed by atoms with E-state index in [2.05, 4.69) is 5.32 Å². The minimum atomic E-state index is -2.04. The zero-order valence-electron chi connectivity index (χ0n) is 35.8. The highest BCUT2D eigenvalue weighted by Crippen LogP contribution is 2.42. The summed E-state index contributed by atoms with van der Waals surface area (Å²) < 4.78 is 29.5. The van der Waals surface area contributed by atoms with Crippen LogP contribution in [0.2, 0.25) is 0 Å². The number of cyclic esters (lactones) is 1. The summed E-state index contributed by atoms with van der Waals surface area (Å²) in [4.78, 5) is 51.1. The molecule has 1 saturated heterocycles. The highest BCUT2D eigenvalue weighted by atomic mass is 16.6. The van der Waals surface area contributed by atoms with E-state index in [0.717, 1.165) is 17.7 Å². The topological polar surface area (TPSA) is 207 Å². The van der Waals surface area contributed by atoms with E-state index in [4.69, 9.17) is 23.7 Å². The molecule has 1 amide bonds. The van der Waals surface area contributed by atoms with Crippen LogP contribution in [0.3, 0.4) is 0 Å². The van der Waals surface area contributed by atoms with Crippen molar-refractivity contribution in [2.24, 2.45) is 35.5 Å². The molecule has 14 nitrogen and oxygen atoms in total. The number of rotatable bonds is 11. The van der Waals surface area contributed by atoms with Gasteiger partial charge in [-0.15, -0.1) is 0 Å². The Bertz CT molecular complexity index is 1670. The van der Waals surface area contributed by atoms with Gasteiger partial charge in [0.2, 0.25) is 11.7 Å². The van der Waals surface area contributed by atoms with E-state index in [-0.39, 0.29) is 54.2 Å². The van der Waals surface area contributed by atoms with Gasteiger partial charge in [-0.1, -0.05) is 83.9 Å². The summed E-state index contributed by atoms with van der Waals surface area (Å²) in [5, 5.41) is 47.4. The maximum atomic E-state index is 13.7. The van der Waals surface area contributed by atoms with Gasteiger partial charge in [0.05, 0.1) is 25.4 Å². The predicted octanol–water partition coefficient (Wildman–Crippen LogP) is 5.05. The maximum absolute atomic E-state index is 13.7. The number of methoxy groups -OCH3 is 2. The van der Waals surface area contributed by atoms with Crippen LogP contribution in [0.4, 0.5) is 0 Å². The normalized spacial score (nSPS) is 32.2. The summed E-state index contributed by atoms with van der Waals surface area (Å²) in [6, 6.07) is 0. The third-order valence-corrected chi connectivity index (χ3v) is 11.5. The van der Waals surface area contributed by atoms with E-state index in [9.17, 15) is 39.6 Å². The van der Waals surface area contributed by atoms with E-state index < -0.39 is 83.8 Å². The molecule has 3 rings (SSSR count). The number of ether oxygens (including phenoxy) is 5. The zero-order chi connectivity index (χ0) is 43.6. The van der Waals surface area contributed by atoms with Crippen molar-refractivity contribution in [1.82, 2.24) is 5.32 Å². The van der Waals surface area contributed by atoms with Crippen LogP contribution in [0.15, 0.2) is 70.9 Å². The first-order chi connectivity index (χ1) is 27.1. The number of allylic oxidation sites excluding steroid dienone is 7. The molecule has 324 valence electrons. The molecule has 12 atom stereocenters. The van der Waals surface area contributed by atoms with E-state index in [0.29, 0.717) is 12.0 Å². The third kappa shape index (κ3) is 12.5. The Morgan fingerprint density at radius 2 is 1.71 bits per heavy atom. The van der Waals surface area contributed by atoms with Gasteiger partial charge in [0.15, 0.2) is 11.6 Å². The molecule has 5 N–H and O–H groups in total. The minimum absolute atomic E-state index is 0.0594. The van der Waals surface area contributed by atoms with Crippen LogP contribution < -0.4 is 5.32 Å². The Balaban J connectivity index is 1.92. The number of esters is 2. The molecule has 0 aromatic carbocycles. The van der Waals surface area contributed by atoms with Gasteiger partial charge in [-0.25, -0.2) is 9.59 Å². The Hall–Kier alpha value is -4.08. The predicted molar refractivity (Wildman–Crippen MR) is 215 cm³/mol. The standard InChI is InChI=1S/C44H65NO13/c1-23(2)41-28(7)35(56-37(49)18-17-36(48)45-38-31(46)15-16-32(38)47)22-44(53,58-41)30(9)40(51)29(8)42-33(54-10)14-12-13-24(3)19-26(5)39(50)27(6)20-25(4)21-34(55-11)43(52)57-42/h12-14,17-18,20-21,23,26-30,33,35,39-42,46,50-51,53H,15-16,19,22H2,1-11H3,(H,45,48)/b14-12?,18-17+,24-13?,25-20?,34-21?. The number of Topliss-reactive ketones (excluding diaryl/α,β-unsaturated/α-hetero) is 1. The number of carbonyl (C=O) groups excluding carboxylic acids is 4. The van der Waals surface area contributed by atoms with Crippen LogP contribution in [0.25, 0.3) is 0 Å². The molecule has 1 aliphatic carbocycles. The smallest absolute Gasteiger partial charge is 0.373 e. The van der Waals surface area contributed by atoms with E-state index in [1.54, 1.807) is 32.9 Å². The van der Waals surface area contributed by atoms with Gasteiger partial charge in [0, 0.05) is 62.2 Å². The van der Waals surface area contributed by atoms with Crippen LogP contribution >= 0.6 is 0 Å². The number of hydrogen-bond donors (Lipinski definition) is 5. The van der Waals surface area contributed by atoms with Crippen LogP contribution in [0, 0.1) is 35.5 Å². The monoisotopic (exact) mass is 815 g/mol. The average molecular weight is 816 g/mol. The number of aliphatic hydroxyl groups is 4. The molecule has 0 aromatic heterocycles. The molecule has 3 aliphatic rings. The second kappa shape index (κ2) is 21.3. The van der Waals surface area contributed by atoms with Gasteiger partial charge in [-0.05, 0) is 38.2 Å². The van der Waals surface area contributed by atoms with Crippen molar-refractivity contribution in [3.8, 4) is 0 Å². The molecule has 14 heteroatoms. The number of amides is 1. The lowest BCUT2D eigenvalue weighted by molar-refractivity contribution is -0.329. The highest BCUT2D eigenvalue weighted by molar-refractivity contribution is 6.04. The second-order valence-electron chi connectivity index (χ2n) is 16.5. The first kappa shape index (κ1) is 48.3. The van der Waals surface area contributed by atoms with Gasteiger partial charge in [0.25, 0.3) is 0 Å². The lowest BCUT2D eigenvalue weighted by atomic mass is 9.76. The fourth-order valence-electron chi connectivity index (χ4n) is 7.95. The number of ketones is 1. The van der Waals surface area contributed by atoms with Crippen LogP contribution in [0.5, 0.6) is 0 Å². The van der Waals surface area contributed by atoms with Gasteiger partial charge < -0.3 is 49.4 Å². The fourth-order valence-corrected chi connectivity index (χ4v) is 7.95. The summed E-state index contributed by atoms with van der Waals surface area (Å²) in [5.41, 5.74) is 1.48. The fraction of sp³-hybridized carbons (Fsp3) is 0.636. The van der Waals surface area contributed by atoms with Crippen LogP contribution in [0.1, 0.15) is 88.0 Å². The zero-order valence-corrected chi connectivity index (χ0v) is 35.8. The molecule has 2 aliphatic heterocycles. The highest BCUT2D eigenvalue weighted by Gasteiger charge is 2.53. The molecule has 0 saturated carbocycles. The molecule has 58 heavy (non-hydrogen) atoms.